The zero-order chi connectivity index (χ0) is 17.1. The molecule has 3 rings (SSSR count). The summed E-state index contributed by atoms with van der Waals surface area (Å²) in [4.78, 5) is 14.2. The second-order valence-electron chi connectivity index (χ2n) is 5.72. The number of nitrogens with zero attached hydrogens (tertiary/aromatic N) is 1. The van der Waals surface area contributed by atoms with Crippen molar-refractivity contribution in [2.24, 2.45) is 0 Å². The summed E-state index contributed by atoms with van der Waals surface area (Å²) in [6.45, 7) is 3.22. The number of benzene rings is 2. The van der Waals surface area contributed by atoms with Crippen LogP contribution in [-0.2, 0) is 4.74 Å². The number of para-hydroxylation sites is 1. The monoisotopic (exact) mass is 348 g/mol. The molecule has 6 heteroatoms. The van der Waals surface area contributed by atoms with Gasteiger partial charge < -0.3 is 15.0 Å². The van der Waals surface area contributed by atoms with Crippen molar-refractivity contribution in [1.29, 1.82) is 0 Å². The van der Waals surface area contributed by atoms with Crippen LogP contribution in [0.15, 0.2) is 42.5 Å². The maximum absolute atomic E-state index is 13.0. The average molecular weight is 349 g/mol. The Labute approximate surface area is 145 Å². The van der Waals surface area contributed by atoms with E-state index in [9.17, 15) is 9.18 Å². The quantitative estimate of drug-likeness (QED) is 0.874. The summed E-state index contributed by atoms with van der Waals surface area (Å²) < 4.78 is 18.8. The molecular formula is C18H18ClFN2O2. The van der Waals surface area contributed by atoms with Gasteiger partial charge in [0, 0.05) is 6.54 Å². The molecule has 0 bridgehead atoms. The summed E-state index contributed by atoms with van der Waals surface area (Å²) in [6.07, 6.45) is -0.266. The number of hydrogen-bond donors (Lipinski definition) is 1. The van der Waals surface area contributed by atoms with E-state index in [2.05, 4.69) is 5.32 Å². The highest BCUT2D eigenvalue weighted by atomic mass is 35.5. The minimum Gasteiger partial charge on any atom is -0.370 e. The van der Waals surface area contributed by atoms with Crippen molar-refractivity contribution in [3.8, 4) is 0 Å². The Balaban J connectivity index is 1.70. The first kappa shape index (κ1) is 16.7. The topological polar surface area (TPSA) is 41.6 Å². The van der Waals surface area contributed by atoms with Gasteiger partial charge in [-0.1, -0.05) is 35.9 Å². The zero-order valence-electron chi connectivity index (χ0n) is 13.3. The lowest BCUT2D eigenvalue weighted by Crippen LogP contribution is -2.44. The van der Waals surface area contributed by atoms with E-state index in [0.29, 0.717) is 30.4 Å². The lowest BCUT2D eigenvalue weighted by molar-refractivity contribution is -0.0135. The normalized spacial score (nSPS) is 17.6. The summed E-state index contributed by atoms with van der Waals surface area (Å²) >= 11 is 6.16. The molecule has 0 unspecified atom stereocenters. The number of urea groups is 1. The molecule has 2 aromatic rings. The van der Waals surface area contributed by atoms with Gasteiger partial charge in [-0.3, -0.25) is 0 Å². The molecule has 1 fully saturated rings. The Bertz CT molecular complexity index is 716. The molecule has 1 aliphatic heterocycles. The molecule has 1 heterocycles. The third kappa shape index (κ3) is 3.68. The number of halogens is 2. The summed E-state index contributed by atoms with van der Waals surface area (Å²) in [7, 11) is 0. The molecule has 0 aliphatic carbocycles. The van der Waals surface area contributed by atoms with Crippen molar-refractivity contribution in [3.05, 3.63) is 64.4 Å². The van der Waals surface area contributed by atoms with Crippen LogP contribution in [-0.4, -0.2) is 30.6 Å². The SMILES string of the molecule is Cc1cccc(Cl)c1NC(=O)N1CCO[C@H](c2ccc(F)cc2)C1. The summed E-state index contributed by atoms with van der Waals surface area (Å²) in [5.74, 6) is -0.293. The Hall–Kier alpha value is -2.11. The van der Waals surface area contributed by atoms with Crippen LogP contribution in [0.1, 0.15) is 17.2 Å². The largest absolute Gasteiger partial charge is 0.370 e. The van der Waals surface area contributed by atoms with Crippen molar-refractivity contribution >= 4 is 23.3 Å². The van der Waals surface area contributed by atoms with Crippen LogP contribution < -0.4 is 5.32 Å². The number of carbonyl (C=O) groups is 1. The zero-order valence-corrected chi connectivity index (χ0v) is 14.0. The molecular weight excluding hydrogens is 331 g/mol. The second-order valence-corrected chi connectivity index (χ2v) is 6.13. The van der Waals surface area contributed by atoms with Gasteiger partial charge in [0.1, 0.15) is 11.9 Å². The fraction of sp³-hybridized carbons (Fsp3) is 0.278. The standard InChI is InChI=1S/C18H18ClFN2O2/c1-12-3-2-4-15(19)17(12)21-18(23)22-9-10-24-16(11-22)13-5-7-14(20)8-6-13/h2-8,16H,9-11H2,1H3,(H,21,23)/t16-/m0/s1. The summed E-state index contributed by atoms with van der Waals surface area (Å²) in [5.41, 5.74) is 2.37. The maximum atomic E-state index is 13.0. The highest BCUT2D eigenvalue weighted by molar-refractivity contribution is 6.33. The molecule has 0 radical (unpaired) electrons. The molecule has 2 amide bonds. The molecule has 126 valence electrons. The Kier molecular flexibility index (Phi) is 5.02. The maximum Gasteiger partial charge on any atom is 0.322 e. The van der Waals surface area contributed by atoms with Crippen molar-refractivity contribution in [3.63, 3.8) is 0 Å². The van der Waals surface area contributed by atoms with Gasteiger partial charge in [-0.2, -0.15) is 0 Å². The third-order valence-corrected chi connectivity index (χ3v) is 4.36. The van der Waals surface area contributed by atoms with Crippen LogP contribution in [0.25, 0.3) is 0 Å². The first-order valence-corrected chi connectivity index (χ1v) is 8.10. The average Bonchev–Trinajstić information content (AvgIpc) is 2.59. The van der Waals surface area contributed by atoms with E-state index in [1.165, 1.54) is 12.1 Å². The van der Waals surface area contributed by atoms with Crippen LogP contribution >= 0.6 is 11.6 Å². The van der Waals surface area contributed by atoms with E-state index < -0.39 is 0 Å². The minimum absolute atomic E-state index is 0.221. The molecule has 0 aromatic heterocycles. The van der Waals surface area contributed by atoms with E-state index in [4.69, 9.17) is 16.3 Å². The van der Waals surface area contributed by atoms with E-state index in [1.807, 2.05) is 19.1 Å². The third-order valence-electron chi connectivity index (χ3n) is 4.05. The van der Waals surface area contributed by atoms with Crippen LogP contribution in [0.5, 0.6) is 0 Å². The Morgan fingerprint density at radius 1 is 1.29 bits per heavy atom. The molecule has 1 atom stereocenters. The molecule has 24 heavy (non-hydrogen) atoms. The predicted molar refractivity (Wildman–Crippen MR) is 91.9 cm³/mol. The molecule has 1 N–H and O–H groups in total. The number of anilines is 1. The van der Waals surface area contributed by atoms with Gasteiger partial charge in [0.2, 0.25) is 0 Å². The summed E-state index contributed by atoms with van der Waals surface area (Å²) in [6, 6.07) is 11.4. The van der Waals surface area contributed by atoms with Gasteiger partial charge in [-0.25, -0.2) is 9.18 Å². The van der Waals surface area contributed by atoms with Gasteiger partial charge in [0.25, 0.3) is 0 Å². The number of aryl methyl sites for hydroxylation is 1. The van der Waals surface area contributed by atoms with Crippen molar-refractivity contribution < 1.29 is 13.9 Å². The molecule has 0 spiro atoms. The van der Waals surface area contributed by atoms with Gasteiger partial charge in [-0.15, -0.1) is 0 Å². The highest BCUT2D eigenvalue weighted by Gasteiger charge is 2.26. The Morgan fingerprint density at radius 3 is 2.75 bits per heavy atom. The van der Waals surface area contributed by atoms with E-state index >= 15 is 0 Å². The highest BCUT2D eigenvalue weighted by Crippen LogP contribution is 2.27. The van der Waals surface area contributed by atoms with Gasteiger partial charge in [-0.05, 0) is 36.2 Å². The van der Waals surface area contributed by atoms with Crippen LogP contribution in [0.2, 0.25) is 5.02 Å². The minimum atomic E-state index is -0.293. The number of hydrogen-bond acceptors (Lipinski definition) is 2. The number of carbonyl (C=O) groups excluding carboxylic acids is 1. The summed E-state index contributed by atoms with van der Waals surface area (Å²) in [5, 5.41) is 3.38. The lowest BCUT2D eigenvalue weighted by Gasteiger charge is -2.33. The fourth-order valence-electron chi connectivity index (χ4n) is 2.69. The smallest absolute Gasteiger partial charge is 0.322 e. The van der Waals surface area contributed by atoms with E-state index in [1.54, 1.807) is 23.1 Å². The van der Waals surface area contributed by atoms with Gasteiger partial charge in [0.05, 0.1) is 23.9 Å². The number of morpholine rings is 1. The lowest BCUT2D eigenvalue weighted by atomic mass is 10.1. The number of nitrogens with one attached hydrogen (secondary N) is 1. The van der Waals surface area contributed by atoms with E-state index in [0.717, 1.165) is 11.1 Å². The number of rotatable bonds is 2. The molecule has 4 nitrogen and oxygen atoms in total. The van der Waals surface area contributed by atoms with Crippen molar-refractivity contribution in [2.45, 2.75) is 13.0 Å². The van der Waals surface area contributed by atoms with Gasteiger partial charge in [0.15, 0.2) is 0 Å². The van der Waals surface area contributed by atoms with Crippen LogP contribution in [0, 0.1) is 12.7 Å². The molecule has 2 aromatic carbocycles. The Morgan fingerprint density at radius 2 is 2.04 bits per heavy atom. The van der Waals surface area contributed by atoms with Crippen LogP contribution in [0.4, 0.5) is 14.9 Å². The van der Waals surface area contributed by atoms with Crippen LogP contribution in [0.3, 0.4) is 0 Å². The molecule has 1 aliphatic rings. The molecule has 1 saturated heterocycles. The molecule has 0 saturated carbocycles. The first-order valence-electron chi connectivity index (χ1n) is 7.72. The number of ether oxygens (including phenoxy) is 1. The van der Waals surface area contributed by atoms with E-state index in [-0.39, 0.29) is 18.0 Å². The van der Waals surface area contributed by atoms with Gasteiger partial charge >= 0.3 is 6.03 Å². The van der Waals surface area contributed by atoms with Crippen molar-refractivity contribution in [1.82, 2.24) is 4.90 Å². The first-order chi connectivity index (χ1) is 11.5. The second kappa shape index (κ2) is 7.20. The predicted octanol–water partition coefficient (Wildman–Crippen LogP) is 4.39. The fourth-order valence-corrected chi connectivity index (χ4v) is 2.96. The van der Waals surface area contributed by atoms with Crippen molar-refractivity contribution in [2.75, 3.05) is 25.0 Å². The number of amides is 2.